The van der Waals surface area contributed by atoms with Crippen molar-refractivity contribution >= 4 is 89.8 Å². The van der Waals surface area contributed by atoms with Crippen LogP contribution in [0.4, 0.5) is 0 Å². The lowest BCUT2D eigenvalue weighted by Gasteiger charge is -2.34. The first kappa shape index (κ1) is 68.3. The minimum atomic E-state index is -4.20. The molecule has 2 saturated heterocycles. The number of nitrogens with one attached hydrogen (secondary N) is 9. The third kappa shape index (κ3) is 21.2. The molecule has 26 nitrogen and oxygen atoms in total. The van der Waals surface area contributed by atoms with Gasteiger partial charge in [-0.25, -0.2) is 13.1 Å². The van der Waals surface area contributed by atoms with Gasteiger partial charge in [0.25, 0.3) is 0 Å². The van der Waals surface area contributed by atoms with Gasteiger partial charge in [-0.2, -0.15) is 0 Å². The molecule has 3 aromatic carbocycles. The number of para-hydroxylation sites is 1. The fraction of sp³-hybridized carbons (Fsp3) is 0.509. The first-order valence-corrected chi connectivity index (χ1v) is 32.8. The number of aromatic hydroxyl groups is 1. The number of β-amino-alcohol motifs (C(OH)–C–C–N with tert-alkyl or cyclic N) is 1. The second kappa shape index (κ2) is 33.9. The topological polar surface area (TPSA) is 402 Å². The van der Waals surface area contributed by atoms with E-state index in [2.05, 4.69) is 51.8 Å². The summed E-state index contributed by atoms with van der Waals surface area (Å²) in [6.45, 7) is 6.07. The average Bonchev–Trinajstić information content (AvgIpc) is 4.03. The number of hydrogen-bond acceptors (Lipinski definition) is 18. The lowest BCUT2D eigenvalue weighted by Crippen LogP contribution is -2.61. The zero-order valence-corrected chi connectivity index (χ0v) is 50.7. The molecular formula is C57H81N13O13S3. The number of H-pyrrole nitrogens is 1. The molecule has 8 amide bonds. The summed E-state index contributed by atoms with van der Waals surface area (Å²) in [5.41, 5.74) is 13.7. The zero-order valence-electron chi connectivity index (χ0n) is 48.2. The molecule has 1 aromatic heterocycles. The number of primary amides is 1. The molecule has 9 atom stereocenters. The lowest BCUT2D eigenvalue weighted by molar-refractivity contribution is -0.135. The summed E-state index contributed by atoms with van der Waals surface area (Å²) in [5.74, 6) is -8.29. The van der Waals surface area contributed by atoms with Gasteiger partial charge >= 0.3 is 0 Å². The van der Waals surface area contributed by atoms with Crippen molar-refractivity contribution in [3.05, 3.63) is 102 Å². The monoisotopic (exact) mass is 1250 g/mol. The van der Waals surface area contributed by atoms with E-state index in [1.165, 1.54) is 31.2 Å². The van der Waals surface area contributed by atoms with Crippen molar-refractivity contribution in [2.45, 2.75) is 113 Å². The third-order valence-corrected chi connectivity index (χ3v) is 18.5. The number of fused-ring (bicyclic) bond motifs is 1. The van der Waals surface area contributed by atoms with Crippen molar-refractivity contribution in [1.82, 2.24) is 56.7 Å². The predicted molar refractivity (Wildman–Crippen MR) is 327 cm³/mol. The van der Waals surface area contributed by atoms with E-state index >= 15 is 9.59 Å². The van der Waals surface area contributed by atoms with Crippen LogP contribution in [-0.4, -0.2) is 210 Å². The Labute approximate surface area is 508 Å². The van der Waals surface area contributed by atoms with Crippen LogP contribution in [0.1, 0.15) is 56.2 Å². The first-order chi connectivity index (χ1) is 41.2. The summed E-state index contributed by atoms with van der Waals surface area (Å²) in [5, 5.41) is 49.5. The van der Waals surface area contributed by atoms with E-state index in [1.807, 2.05) is 23.1 Å². The highest BCUT2D eigenvalue weighted by atomic mass is 33.1. The highest BCUT2D eigenvalue weighted by molar-refractivity contribution is 8.76. The Morgan fingerprint density at radius 3 is 1.98 bits per heavy atom. The number of unbranched alkanes of at least 4 members (excludes halogenated alkanes) is 1. The lowest BCUT2D eigenvalue weighted by atomic mass is 10.0. The van der Waals surface area contributed by atoms with Crippen molar-refractivity contribution < 1.29 is 62.1 Å². The van der Waals surface area contributed by atoms with E-state index in [-0.39, 0.29) is 74.8 Å². The number of carbonyl (C=O) groups excluding carboxylic acids is 8. The third-order valence-electron chi connectivity index (χ3n) is 14.7. The Bertz CT molecular complexity index is 3030. The highest BCUT2D eigenvalue weighted by Crippen LogP contribution is 2.25. The largest absolute Gasteiger partial charge is 0.508 e. The van der Waals surface area contributed by atoms with Gasteiger partial charge in [-0.1, -0.05) is 89.2 Å². The maximum absolute atomic E-state index is 15.1. The summed E-state index contributed by atoms with van der Waals surface area (Å²) in [6.07, 6.45) is 0.511. The van der Waals surface area contributed by atoms with Crippen molar-refractivity contribution in [1.29, 1.82) is 0 Å². The van der Waals surface area contributed by atoms with Crippen LogP contribution in [0, 0.1) is 0 Å². The Morgan fingerprint density at radius 2 is 1.33 bits per heavy atom. The number of phenolic OH excluding ortho intramolecular Hbond substituents is 1. The maximum Gasteiger partial charge on any atom is 0.244 e. The quantitative estimate of drug-likeness (QED) is 0.0266. The van der Waals surface area contributed by atoms with Crippen molar-refractivity contribution in [3.8, 4) is 5.75 Å². The number of nitrogens with zero attached hydrogens (tertiary/aromatic N) is 2. The van der Waals surface area contributed by atoms with Crippen LogP contribution < -0.4 is 53.4 Å². The number of aliphatic hydroxyl groups is 2. The maximum atomic E-state index is 15.1. The van der Waals surface area contributed by atoms with Crippen LogP contribution in [0.15, 0.2) is 85.1 Å². The van der Waals surface area contributed by atoms with Crippen LogP contribution in [0.3, 0.4) is 0 Å². The SMILES string of the molecule is CC[C@@H]1NC(=O)[C@H](CCCCN)NC(=O)[C@@H](Cc2c[nH]c3ccccc23)NC(=O)[C@H](Cc2ccc(O)cc2)NC(=O)[C@@H](NC(=O)[C@@H](Cc2ccccc2)NS(=O)(=O)CCN2CCN(CCO)CC2)CSSC[C@@H](C(=O)N[C@H](C(N)=O)C(C)O)NC1=O. The van der Waals surface area contributed by atoms with Gasteiger partial charge in [0, 0.05) is 80.7 Å². The second-order valence-electron chi connectivity index (χ2n) is 21.3. The number of amides is 8. The number of aromatic amines is 1. The first-order valence-electron chi connectivity index (χ1n) is 28.6. The van der Waals surface area contributed by atoms with Gasteiger partial charge in [-0.05, 0) is 80.5 Å². The fourth-order valence-corrected chi connectivity index (χ4v) is 13.3. The molecule has 2 fully saturated rings. The molecule has 0 radical (unpaired) electrons. The summed E-state index contributed by atoms with van der Waals surface area (Å²) in [6, 6.07) is 9.94. The number of nitrogens with two attached hydrogens (primary N) is 2. The van der Waals surface area contributed by atoms with Crippen LogP contribution in [-0.2, 0) is 67.6 Å². The molecule has 6 rings (SSSR count). The van der Waals surface area contributed by atoms with Gasteiger partial charge in [-0.3, -0.25) is 48.2 Å². The highest BCUT2D eigenvalue weighted by Gasteiger charge is 2.37. The fourth-order valence-electron chi connectivity index (χ4n) is 9.78. The Kier molecular flexibility index (Phi) is 26.9. The molecule has 29 heteroatoms. The van der Waals surface area contributed by atoms with Gasteiger partial charge < -0.3 is 69.0 Å². The molecule has 2 aliphatic rings. The number of hydrogen-bond donors (Lipinski definition) is 14. The van der Waals surface area contributed by atoms with E-state index in [0.29, 0.717) is 62.3 Å². The molecule has 2 aliphatic heterocycles. The van der Waals surface area contributed by atoms with Crippen molar-refractivity contribution in [3.63, 3.8) is 0 Å². The molecule has 0 bridgehead atoms. The van der Waals surface area contributed by atoms with E-state index < -0.39 is 112 Å². The number of sulfonamides is 1. The molecule has 0 spiro atoms. The van der Waals surface area contributed by atoms with Crippen LogP contribution in [0.5, 0.6) is 5.75 Å². The molecule has 0 saturated carbocycles. The summed E-state index contributed by atoms with van der Waals surface area (Å²) in [4.78, 5) is 122. The minimum Gasteiger partial charge on any atom is -0.508 e. The molecule has 3 heterocycles. The molecule has 86 heavy (non-hydrogen) atoms. The van der Waals surface area contributed by atoms with Crippen LogP contribution in [0.2, 0.25) is 0 Å². The normalized spacial score (nSPS) is 22.2. The van der Waals surface area contributed by atoms with Gasteiger partial charge in [0.1, 0.15) is 54.1 Å². The number of piperazine rings is 1. The molecule has 470 valence electrons. The number of aromatic nitrogens is 1. The van der Waals surface area contributed by atoms with E-state index in [9.17, 15) is 52.5 Å². The number of rotatable bonds is 24. The smallest absolute Gasteiger partial charge is 0.244 e. The van der Waals surface area contributed by atoms with Crippen LogP contribution in [0.25, 0.3) is 10.9 Å². The Morgan fingerprint density at radius 1 is 0.733 bits per heavy atom. The molecular weight excluding hydrogens is 1170 g/mol. The molecule has 4 aromatic rings. The van der Waals surface area contributed by atoms with Crippen LogP contribution >= 0.6 is 21.6 Å². The van der Waals surface area contributed by atoms with Gasteiger partial charge in [0.05, 0.1) is 18.5 Å². The predicted octanol–water partition coefficient (Wildman–Crippen LogP) is -2.01. The van der Waals surface area contributed by atoms with Gasteiger partial charge in [0.2, 0.25) is 57.3 Å². The minimum absolute atomic E-state index is 0.00350. The molecule has 16 N–H and O–H groups in total. The van der Waals surface area contributed by atoms with E-state index in [1.54, 1.807) is 49.5 Å². The van der Waals surface area contributed by atoms with Crippen molar-refractivity contribution in [2.24, 2.45) is 11.5 Å². The summed E-state index contributed by atoms with van der Waals surface area (Å²) < 4.78 is 30.5. The number of phenols is 1. The molecule has 1 unspecified atom stereocenters. The zero-order chi connectivity index (χ0) is 62.3. The van der Waals surface area contributed by atoms with Gasteiger partial charge in [0.15, 0.2) is 0 Å². The Hall–Kier alpha value is -6.83. The van der Waals surface area contributed by atoms with E-state index in [0.717, 1.165) is 32.5 Å². The van der Waals surface area contributed by atoms with E-state index in [4.69, 9.17) is 11.5 Å². The Balaban J connectivity index is 1.39. The number of benzene rings is 3. The second-order valence-corrected chi connectivity index (χ2v) is 25.7. The van der Waals surface area contributed by atoms with Crippen molar-refractivity contribution in [2.75, 3.05) is 69.7 Å². The average molecular weight is 1250 g/mol. The van der Waals surface area contributed by atoms with Gasteiger partial charge in [-0.15, -0.1) is 0 Å². The number of aliphatic hydroxyl groups excluding tert-OH is 2. The molecule has 0 aliphatic carbocycles. The summed E-state index contributed by atoms with van der Waals surface area (Å²) in [7, 11) is -2.32. The standard InChI is InChI=1S/C57H81N13O13S3/c1-3-41-51(75)65-48(57(81)67-49(35(2)72)50(59)74)34-85-84-33-47(66-55(79)46(30-36-11-5-4-6-12-36)68-86(82,83)28-26-70-23-21-69(22-24-70)25-27-71)56(80)63-44(29-37-16-18-39(73)19-17-37)53(77)64-45(31-38-32-60-42-14-8-7-13-40(38)42)54(78)62-43(52(76)61-41)15-9-10-20-58/h4-8,11-14,16-19,32,35,41,43-49,60,68,71-73H,3,9-10,15,20-31,33-34,58H2,1-2H3,(H2,59,74)(H,61,76)(H,62,78)(H,63,80)(H,64,77)(H,65,75)(H,66,79)(H,67,81)/t35?,41-,43-,44-,45+,46+,47-,48-,49-/m0/s1. The summed E-state index contributed by atoms with van der Waals surface area (Å²) >= 11 is 0. The number of carbonyl (C=O) groups is 8.